The summed E-state index contributed by atoms with van der Waals surface area (Å²) in [4.78, 5) is 0. The van der Waals surface area contributed by atoms with Crippen LogP contribution in [-0.4, -0.2) is 8.96 Å². The first kappa shape index (κ1) is 13.8. The highest BCUT2D eigenvalue weighted by Gasteiger charge is 2.19. The van der Waals surface area contributed by atoms with E-state index in [0.717, 1.165) is 11.3 Å². The summed E-state index contributed by atoms with van der Waals surface area (Å²) in [6, 6.07) is 18.2. The molecule has 0 unspecified atom stereocenters. The van der Waals surface area contributed by atoms with Gasteiger partial charge in [-0.25, -0.2) is 4.21 Å². The Kier molecular flexibility index (Phi) is 4.05. The Balaban J connectivity index is 2.14. The van der Waals surface area contributed by atoms with Gasteiger partial charge in [0, 0.05) is 5.69 Å². The van der Waals surface area contributed by atoms with E-state index in [0.29, 0.717) is 0 Å². The molecule has 0 saturated carbocycles. The van der Waals surface area contributed by atoms with Crippen molar-refractivity contribution < 1.29 is 4.21 Å². The van der Waals surface area contributed by atoms with Crippen LogP contribution in [0.25, 0.3) is 11.1 Å². The number of rotatable bonds is 3. The van der Waals surface area contributed by atoms with E-state index in [9.17, 15) is 4.21 Å². The van der Waals surface area contributed by atoms with Gasteiger partial charge in [0.05, 0.1) is 4.75 Å². The standard InChI is InChI=1S/C16H19NOS/c1-16(2,3)19(18)17-15-11-9-14(10-12-15)13-7-5-4-6-8-13/h4-12,17H,1-3H3/t19-/m0/s1. The average molecular weight is 273 g/mol. The van der Waals surface area contributed by atoms with Gasteiger partial charge >= 0.3 is 0 Å². The van der Waals surface area contributed by atoms with E-state index in [1.807, 2.05) is 63.2 Å². The normalized spacial score (nSPS) is 13.0. The molecule has 2 aromatic carbocycles. The van der Waals surface area contributed by atoms with Gasteiger partial charge in [0.1, 0.15) is 11.0 Å². The van der Waals surface area contributed by atoms with Gasteiger partial charge < -0.3 is 4.72 Å². The second-order valence-electron chi connectivity index (χ2n) is 5.43. The number of benzene rings is 2. The first-order chi connectivity index (χ1) is 8.97. The van der Waals surface area contributed by atoms with Crippen LogP contribution in [0.1, 0.15) is 20.8 Å². The van der Waals surface area contributed by atoms with E-state index in [-0.39, 0.29) is 4.75 Å². The van der Waals surface area contributed by atoms with Crippen molar-refractivity contribution in [2.45, 2.75) is 25.5 Å². The Labute approximate surface area is 117 Å². The topological polar surface area (TPSA) is 29.1 Å². The molecule has 0 heterocycles. The van der Waals surface area contributed by atoms with E-state index in [4.69, 9.17) is 0 Å². The maximum Gasteiger partial charge on any atom is 0.122 e. The van der Waals surface area contributed by atoms with E-state index in [1.54, 1.807) is 0 Å². The van der Waals surface area contributed by atoms with E-state index >= 15 is 0 Å². The Hall–Kier alpha value is -1.61. The first-order valence-corrected chi connectivity index (χ1v) is 7.46. The Bertz CT molecular complexity index is 556. The van der Waals surface area contributed by atoms with Crippen molar-refractivity contribution in [3.63, 3.8) is 0 Å². The van der Waals surface area contributed by atoms with Crippen LogP contribution in [0.3, 0.4) is 0 Å². The fourth-order valence-corrected chi connectivity index (χ4v) is 2.28. The quantitative estimate of drug-likeness (QED) is 0.891. The molecule has 2 nitrogen and oxygen atoms in total. The van der Waals surface area contributed by atoms with E-state index < -0.39 is 11.0 Å². The number of hydrogen-bond acceptors (Lipinski definition) is 1. The first-order valence-electron chi connectivity index (χ1n) is 6.31. The molecule has 0 saturated heterocycles. The molecule has 19 heavy (non-hydrogen) atoms. The van der Waals surface area contributed by atoms with Gasteiger partial charge in [-0.3, -0.25) is 0 Å². The minimum atomic E-state index is -1.09. The van der Waals surface area contributed by atoms with Crippen LogP contribution in [0.5, 0.6) is 0 Å². The molecule has 0 spiro atoms. The van der Waals surface area contributed by atoms with Crippen LogP contribution < -0.4 is 4.72 Å². The van der Waals surface area contributed by atoms with Gasteiger partial charge in [-0.05, 0) is 44.0 Å². The predicted octanol–water partition coefficient (Wildman–Crippen LogP) is 4.23. The maximum atomic E-state index is 12.0. The molecule has 0 aromatic heterocycles. The average Bonchev–Trinajstić information content (AvgIpc) is 2.39. The lowest BCUT2D eigenvalue weighted by Crippen LogP contribution is -2.27. The van der Waals surface area contributed by atoms with E-state index in [1.165, 1.54) is 5.56 Å². The van der Waals surface area contributed by atoms with Gasteiger partial charge in [0.2, 0.25) is 0 Å². The molecule has 3 heteroatoms. The fraction of sp³-hybridized carbons (Fsp3) is 0.250. The summed E-state index contributed by atoms with van der Waals surface area (Å²) in [5.41, 5.74) is 3.23. The molecule has 1 N–H and O–H groups in total. The van der Waals surface area contributed by atoms with Crippen molar-refractivity contribution in [2.24, 2.45) is 0 Å². The molecule has 0 amide bonds. The zero-order valence-corrected chi connectivity index (χ0v) is 12.3. The summed E-state index contributed by atoms with van der Waals surface area (Å²) in [7, 11) is -1.09. The van der Waals surface area contributed by atoms with Crippen molar-refractivity contribution in [3.8, 4) is 11.1 Å². The van der Waals surface area contributed by atoms with Crippen LogP contribution in [-0.2, 0) is 11.0 Å². The largest absolute Gasteiger partial charge is 0.305 e. The second kappa shape index (κ2) is 5.57. The molecule has 1 atom stereocenters. The second-order valence-corrected chi connectivity index (χ2v) is 7.39. The zero-order valence-electron chi connectivity index (χ0n) is 11.5. The molecule has 0 bridgehead atoms. The summed E-state index contributed by atoms with van der Waals surface area (Å²) in [5.74, 6) is 0. The Morgan fingerprint density at radius 2 is 1.37 bits per heavy atom. The molecular formula is C16H19NOS. The molecule has 0 fully saturated rings. The highest BCUT2D eigenvalue weighted by Crippen LogP contribution is 2.22. The number of hydrogen-bond donors (Lipinski definition) is 1. The van der Waals surface area contributed by atoms with Crippen molar-refractivity contribution in [1.82, 2.24) is 0 Å². The third-order valence-electron chi connectivity index (χ3n) is 2.76. The van der Waals surface area contributed by atoms with Crippen molar-refractivity contribution >= 4 is 16.7 Å². The van der Waals surface area contributed by atoms with Crippen LogP contribution in [0, 0.1) is 0 Å². The van der Waals surface area contributed by atoms with Crippen LogP contribution in [0.2, 0.25) is 0 Å². The lowest BCUT2D eigenvalue weighted by atomic mass is 10.1. The number of anilines is 1. The minimum absolute atomic E-state index is 0.266. The minimum Gasteiger partial charge on any atom is -0.305 e. The lowest BCUT2D eigenvalue weighted by Gasteiger charge is -2.18. The van der Waals surface area contributed by atoms with Gasteiger partial charge in [0.25, 0.3) is 0 Å². The third kappa shape index (κ3) is 3.67. The van der Waals surface area contributed by atoms with E-state index in [2.05, 4.69) is 16.9 Å². The Morgan fingerprint density at radius 3 is 1.89 bits per heavy atom. The SMILES string of the molecule is CC(C)(C)[S@](=O)Nc1ccc(-c2ccccc2)cc1. The zero-order chi connectivity index (χ0) is 13.9. The highest BCUT2D eigenvalue weighted by atomic mass is 32.2. The van der Waals surface area contributed by atoms with Crippen molar-refractivity contribution in [3.05, 3.63) is 54.6 Å². The Morgan fingerprint density at radius 1 is 0.842 bits per heavy atom. The molecule has 0 aliphatic heterocycles. The molecule has 100 valence electrons. The molecule has 0 aliphatic carbocycles. The fourth-order valence-electron chi connectivity index (χ4n) is 1.62. The number of nitrogens with one attached hydrogen (secondary N) is 1. The summed E-state index contributed by atoms with van der Waals surface area (Å²) in [6.07, 6.45) is 0. The van der Waals surface area contributed by atoms with Gasteiger partial charge in [-0.1, -0.05) is 42.5 Å². The molecule has 2 aromatic rings. The summed E-state index contributed by atoms with van der Waals surface area (Å²) >= 11 is 0. The predicted molar refractivity (Wildman–Crippen MR) is 83.4 cm³/mol. The molecular weight excluding hydrogens is 254 g/mol. The summed E-state index contributed by atoms with van der Waals surface area (Å²) in [5, 5.41) is 0. The van der Waals surface area contributed by atoms with Crippen LogP contribution >= 0.6 is 0 Å². The van der Waals surface area contributed by atoms with Gasteiger partial charge in [-0.15, -0.1) is 0 Å². The molecule has 0 aliphatic rings. The highest BCUT2D eigenvalue weighted by molar-refractivity contribution is 7.87. The van der Waals surface area contributed by atoms with Crippen LogP contribution in [0.4, 0.5) is 5.69 Å². The molecule has 0 radical (unpaired) electrons. The van der Waals surface area contributed by atoms with Gasteiger partial charge in [-0.2, -0.15) is 0 Å². The van der Waals surface area contributed by atoms with Crippen molar-refractivity contribution in [2.75, 3.05) is 4.72 Å². The summed E-state index contributed by atoms with van der Waals surface area (Å²) in [6.45, 7) is 5.86. The van der Waals surface area contributed by atoms with Crippen LogP contribution in [0.15, 0.2) is 54.6 Å². The lowest BCUT2D eigenvalue weighted by molar-refractivity contribution is 0.653. The van der Waals surface area contributed by atoms with Crippen molar-refractivity contribution in [1.29, 1.82) is 0 Å². The molecule has 2 rings (SSSR count). The maximum absolute atomic E-state index is 12.0. The monoisotopic (exact) mass is 273 g/mol. The van der Waals surface area contributed by atoms with Gasteiger partial charge in [0.15, 0.2) is 0 Å². The summed E-state index contributed by atoms with van der Waals surface area (Å²) < 4.78 is 14.8. The third-order valence-corrected chi connectivity index (χ3v) is 4.29. The smallest absolute Gasteiger partial charge is 0.122 e.